The Labute approximate surface area is 225 Å². The van der Waals surface area contributed by atoms with Gasteiger partial charge < -0.3 is 14.6 Å². The summed E-state index contributed by atoms with van der Waals surface area (Å²) in [4.78, 5) is 0. The second kappa shape index (κ2) is 12.8. The molecule has 0 amide bonds. The van der Waals surface area contributed by atoms with Crippen molar-refractivity contribution in [3.63, 3.8) is 0 Å². The van der Waals surface area contributed by atoms with Crippen LogP contribution in [0, 0.1) is 35.0 Å². The number of ether oxygens (including phenoxy) is 2. The Bertz CT molecular complexity index is 1290. The number of hydrogen-bond acceptors (Lipinski definition) is 3. The van der Waals surface area contributed by atoms with Crippen molar-refractivity contribution >= 4 is 0 Å². The molecule has 0 radical (unpaired) electrons. The summed E-state index contributed by atoms with van der Waals surface area (Å²) >= 11 is 0. The normalized spacial score (nSPS) is 18.2. The molecule has 0 heterocycles. The SMILES string of the molecule is CCCC(O)c1ccc(OCC2CCC(c3ccc(-c4ccc(OCC)c(F)c4F)cc3F)CC2)c(F)c1F. The minimum Gasteiger partial charge on any atom is -0.491 e. The van der Waals surface area contributed by atoms with Crippen molar-refractivity contribution in [2.24, 2.45) is 5.92 Å². The Morgan fingerprint density at radius 3 is 2.13 bits per heavy atom. The Hall–Kier alpha value is -3.13. The predicted molar refractivity (Wildman–Crippen MR) is 139 cm³/mol. The molecule has 1 aliphatic rings. The average Bonchev–Trinajstić information content (AvgIpc) is 2.93. The fourth-order valence-electron chi connectivity index (χ4n) is 5.24. The first kappa shape index (κ1) is 28.9. The highest BCUT2D eigenvalue weighted by Crippen LogP contribution is 2.39. The summed E-state index contributed by atoms with van der Waals surface area (Å²) in [5, 5.41) is 10.0. The summed E-state index contributed by atoms with van der Waals surface area (Å²) in [6.45, 7) is 3.91. The Balaban J connectivity index is 1.36. The molecule has 4 rings (SSSR count). The molecule has 8 heteroatoms. The molecule has 1 N–H and O–H groups in total. The minimum absolute atomic E-state index is 0.0427. The van der Waals surface area contributed by atoms with Gasteiger partial charge >= 0.3 is 0 Å². The topological polar surface area (TPSA) is 38.7 Å². The lowest BCUT2D eigenvalue weighted by molar-refractivity contribution is 0.159. The van der Waals surface area contributed by atoms with E-state index in [2.05, 4.69) is 0 Å². The van der Waals surface area contributed by atoms with E-state index >= 15 is 4.39 Å². The third kappa shape index (κ3) is 6.38. The van der Waals surface area contributed by atoms with Crippen LogP contribution in [0.5, 0.6) is 11.5 Å². The first-order valence-electron chi connectivity index (χ1n) is 13.4. The van der Waals surface area contributed by atoms with Crippen LogP contribution in [0.3, 0.4) is 0 Å². The molecule has 1 unspecified atom stereocenters. The van der Waals surface area contributed by atoms with Gasteiger partial charge in [0.2, 0.25) is 11.6 Å². The van der Waals surface area contributed by atoms with Crippen LogP contribution in [-0.4, -0.2) is 18.3 Å². The quantitative estimate of drug-likeness (QED) is 0.258. The largest absolute Gasteiger partial charge is 0.491 e. The molecule has 1 fully saturated rings. The summed E-state index contributed by atoms with van der Waals surface area (Å²) in [7, 11) is 0. The third-order valence-corrected chi connectivity index (χ3v) is 7.42. The van der Waals surface area contributed by atoms with Gasteiger partial charge in [-0.15, -0.1) is 0 Å². The number of halogens is 5. The Morgan fingerprint density at radius 1 is 0.795 bits per heavy atom. The van der Waals surface area contributed by atoms with E-state index in [0.29, 0.717) is 44.1 Å². The van der Waals surface area contributed by atoms with Crippen LogP contribution in [0.15, 0.2) is 42.5 Å². The number of benzene rings is 3. The molecule has 0 aromatic heterocycles. The molecule has 3 nitrogen and oxygen atoms in total. The van der Waals surface area contributed by atoms with Crippen molar-refractivity contribution in [3.8, 4) is 22.6 Å². The first-order valence-corrected chi connectivity index (χ1v) is 13.4. The number of rotatable bonds is 10. The van der Waals surface area contributed by atoms with Crippen LogP contribution in [0.2, 0.25) is 0 Å². The van der Waals surface area contributed by atoms with Crippen LogP contribution in [0.4, 0.5) is 22.0 Å². The van der Waals surface area contributed by atoms with Gasteiger partial charge in [-0.3, -0.25) is 0 Å². The van der Waals surface area contributed by atoms with E-state index < -0.39 is 35.2 Å². The highest BCUT2D eigenvalue weighted by Gasteiger charge is 2.26. The Kier molecular flexibility index (Phi) is 9.49. The van der Waals surface area contributed by atoms with Gasteiger partial charge in [-0.1, -0.05) is 25.5 Å². The van der Waals surface area contributed by atoms with Crippen molar-refractivity contribution in [2.75, 3.05) is 13.2 Å². The minimum atomic E-state index is -1.11. The van der Waals surface area contributed by atoms with Gasteiger partial charge in [0.15, 0.2) is 23.1 Å². The molecule has 39 heavy (non-hydrogen) atoms. The molecule has 0 spiro atoms. The maximum Gasteiger partial charge on any atom is 0.201 e. The monoisotopic (exact) mass is 548 g/mol. The van der Waals surface area contributed by atoms with Crippen molar-refractivity contribution in [2.45, 2.75) is 64.4 Å². The van der Waals surface area contributed by atoms with Crippen molar-refractivity contribution in [1.82, 2.24) is 0 Å². The molecule has 210 valence electrons. The van der Waals surface area contributed by atoms with Gasteiger partial charge in [0.1, 0.15) is 5.82 Å². The van der Waals surface area contributed by atoms with E-state index in [1.807, 2.05) is 6.92 Å². The van der Waals surface area contributed by atoms with Gasteiger partial charge in [0.05, 0.1) is 19.3 Å². The molecule has 0 bridgehead atoms. The summed E-state index contributed by atoms with van der Waals surface area (Å²) in [6.07, 6.45) is 2.68. The number of aliphatic hydroxyl groups is 1. The first-order chi connectivity index (χ1) is 18.7. The average molecular weight is 549 g/mol. The maximum atomic E-state index is 15.1. The molecule has 0 aliphatic heterocycles. The predicted octanol–water partition coefficient (Wildman–Crippen LogP) is 8.63. The molecular weight excluding hydrogens is 515 g/mol. The summed E-state index contributed by atoms with van der Waals surface area (Å²) < 4.78 is 83.5. The Morgan fingerprint density at radius 2 is 1.46 bits per heavy atom. The molecule has 1 saturated carbocycles. The molecule has 1 aliphatic carbocycles. The van der Waals surface area contributed by atoms with Gasteiger partial charge in [0, 0.05) is 11.1 Å². The van der Waals surface area contributed by atoms with Gasteiger partial charge in [-0.05, 0) is 92.3 Å². The molecule has 0 saturated heterocycles. The van der Waals surface area contributed by atoms with E-state index in [1.165, 1.54) is 30.3 Å². The van der Waals surface area contributed by atoms with Crippen molar-refractivity contribution < 1.29 is 36.5 Å². The maximum absolute atomic E-state index is 15.1. The van der Waals surface area contributed by atoms with E-state index in [4.69, 9.17) is 9.47 Å². The zero-order valence-electron chi connectivity index (χ0n) is 22.1. The van der Waals surface area contributed by atoms with Gasteiger partial charge in [-0.2, -0.15) is 8.78 Å². The van der Waals surface area contributed by atoms with Crippen LogP contribution < -0.4 is 9.47 Å². The van der Waals surface area contributed by atoms with Crippen LogP contribution in [-0.2, 0) is 0 Å². The second-order valence-corrected chi connectivity index (χ2v) is 10.0. The standard InChI is InChI=1S/C31H33F5O3/c1-3-5-25(37)23-13-15-27(31(36)29(23)34)39-17-18-6-8-19(9-7-18)21-11-10-20(16-24(21)32)22-12-14-26(38-4-2)30(35)28(22)33/h10-16,18-19,25,37H,3-9,17H2,1-2H3. The zero-order chi connectivity index (χ0) is 28.1. The molecular formula is C31H33F5O3. The smallest absolute Gasteiger partial charge is 0.201 e. The second-order valence-electron chi connectivity index (χ2n) is 10.0. The van der Waals surface area contributed by atoms with Gasteiger partial charge in [-0.25, -0.2) is 13.2 Å². The third-order valence-electron chi connectivity index (χ3n) is 7.42. The number of aliphatic hydroxyl groups excluding tert-OH is 1. The lowest BCUT2D eigenvalue weighted by atomic mass is 9.78. The lowest BCUT2D eigenvalue weighted by Crippen LogP contribution is -2.20. The van der Waals surface area contributed by atoms with Crippen LogP contribution in [0.25, 0.3) is 11.1 Å². The van der Waals surface area contributed by atoms with Crippen LogP contribution in [0.1, 0.15) is 75.5 Å². The summed E-state index contributed by atoms with van der Waals surface area (Å²) in [5.74, 6) is -5.21. The zero-order valence-corrected chi connectivity index (χ0v) is 22.1. The molecule has 3 aromatic rings. The highest BCUT2D eigenvalue weighted by molar-refractivity contribution is 5.66. The van der Waals surface area contributed by atoms with E-state index in [9.17, 15) is 22.7 Å². The van der Waals surface area contributed by atoms with E-state index in [0.717, 1.165) is 0 Å². The van der Waals surface area contributed by atoms with Gasteiger partial charge in [0.25, 0.3) is 0 Å². The molecule has 1 atom stereocenters. The number of hydrogen-bond donors (Lipinski definition) is 1. The van der Waals surface area contributed by atoms with Crippen molar-refractivity contribution in [3.05, 3.63) is 82.7 Å². The fourth-order valence-corrected chi connectivity index (χ4v) is 5.24. The van der Waals surface area contributed by atoms with Crippen molar-refractivity contribution in [1.29, 1.82) is 0 Å². The van der Waals surface area contributed by atoms with E-state index in [1.54, 1.807) is 19.1 Å². The summed E-state index contributed by atoms with van der Waals surface area (Å²) in [6, 6.07) is 9.83. The fraction of sp³-hybridized carbons (Fsp3) is 0.419. The van der Waals surface area contributed by atoms with Crippen LogP contribution >= 0.6 is 0 Å². The highest BCUT2D eigenvalue weighted by atomic mass is 19.2. The molecule has 3 aromatic carbocycles. The van der Waals surface area contributed by atoms with E-state index in [-0.39, 0.29) is 53.2 Å². The lowest BCUT2D eigenvalue weighted by Gasteiger charge is -2.29. The summed E-state index contributed by atoms with van der Waals surface area (Å²) in [5.41, 5.74) is 0.629.